The number of nitrogens with two attached hydrogens (primary N) is 2. The number of hydrogen-bond donors (Lipinski definition) is 2. The number of benzene rings is 2. The molecule has 2 aromatic carbocycles. The van der Waals surface area contributed by atoms with Crippen molar-refractivity contribution in [3.05, 3.63) is 71.2 Å². The number of ether oxygens (including phenoxy) is 1. The summed E-state index contributed by atoms with van der Waals surface area (Å²) in [6, 6.07) is 13.2. The number of nitrogen functional groups attached to an aromatic ring is 1. The van der Waals surface area contributed by atoms with Crippen LogP contribution in [0.4, 0.5) is 11.6 Å². The molecular weight excluding hydrogens is 524 g/mol. The number of halogens is 1. The first-order valence-corrected chi connectivity index (χ1v) is 13.4. The number of rotatable bonds is 5. The molecule has 1 fully saturated rings. The predicted octanol–water partition coefficient (Wildman–Crippen LogP) is 5.15. The van der Waals surface area contributed by atoms with Crippen LogP contribution >= 0.6 is 23.4 Å². The van der Waals surface area contributed by atoms with E-state index in [4.69, 9.17) is 32.2 Å². The Morgan fingerprint density at radius 3 is 2.66 bits per heavy atom. The Morgan fingerprint density at radius 2 is 1.95 bits per heavy atom. The Hall–Kier alpha value is -3.60. The van der Waals surface area contributed by atoms with E-state index in [0.717, 1.165) is 11.3 Å². The molecular formula is C27H25ClN6O3S. The molecule has 4 N–H and O–H groups in total. The average Bonchev–Trinajstić information content (AvgIpc) is 3.54. The summed E-state index contributed by atoms with van der Waals surface area (Å²) < 4.78 is 11.8. The Bertz CT molecular complexity index is 1520. The molecule has 1 saturated heterocycles. The van der Waals surface area contributed by atoms with Crippen molar-refractivity contribution in [2.45, 2.75) is 41.3 Å². The minimum absolute atomic E-state index is 0.199. The molecule has 2 aromatic heterocycles. The van der Waals surface area contributed by atoms with E-state index < -0.39 is 5.60 Å². The molecule has 6 rings (SSSR count). The van der Waals surface area contributed by atoms with E-state index in [-0.39, 0.29) is 23.3 Å². The van der Waals surface area contributed by atoms with Gasteiger partial charge in [-0.2, -0.15) is 0 Å². The molecule has 4 heterocycles. The van der Waals surface area contributed by atoms with Gasteiger partial charge in [0.2, 0.25) is 5.89 Å². The zero-order valence-electron chi connectivity index (χ0n) is 20.6. The lowest BCUT2D eigenvalue weighted by Crippen LogP contribution is -2.52. The van der Waals surface area contributed by atoms with E-state index >= 15 is 0 Å². The van der Waals surface area contributed by atoms with Crippen molar-refractivity contribution >= 4 is 40.8 Å². The molecule has 0 unspecified atom stereocenters. The van der Waals surface area contributed by atoms with Crippen molar-refractivity contribution in [3.8, 4) is 17.2 Å². The fraction of sp³-hybridized carbons (Fsp3) is 0.259. The van der Waals surface area contributed by atoms with Gasteiger partial charge in [0.05, 0.1) is 22.8 Å². The number of ketones is 1. The zero-order valence-corrected chi connectivity index (χ0v) is 22.1. The van der Waals surface area contributed by atoms with Crippen LogP contribution in [0.25, 0.3) is 11.5 Å². The minimum atomic E-state index is -0.476. The van der Waals surface area contributed by atoms with Gasteiger partial charge in [0.25, 0.3) is 0 Å². The summed E-state index contributed by atoms with van der Waals surface area (Å²) in [6.07, 6.45) is 4.41. The predicted molar refractivity (Wildman–Crippen MR) is 146 cm³/mol. The fourth-order valence-corrected chi connectivity index (χ4v) is 6.24. The summed E-state index contributed by atoms with van der Waals surface area (Å²) in [6.45, 7) is 2.69. The summed E-state index contributed by atoms with van der Waals surface area (Å²) in [4.78, 5) is 28.9. The Morgan fingerprint density at radius 1 is 1.16 bits per heavy atom. The highest BCUT2D eigenvalue weighted by Crippen LogP contribution is 2.47. The lowest BCUT2D eigenvalue weighted by Gasteiger charge is -2.41. The van der Waals surface area contributed by atoms with Crippen LogP contribution < -0.4 is 21.1 Å². The average molecular weight is 549 g/mol. The van der Waals surface area contributed by atoms with Gasteiger partial charge in [0.1, 0.15) is 28.3 Å². The lowest BCUT2D eigenvalue weighted by molar-refractivity contribution is 0.0430. The Labute approximate surface area is 228 Å². The third-order valence-corrected chi connectivity index (χ3v) is 8.65. The van der Waals surface area contributed by atoms with Crippen molar-refractivity contribution in [2.24, 2.45) is 5.73 Å². The van der Waals surface area contributed by atoms with Crippen LogP contribution in [0.2, 0.25) is 5.02 Å². The number of Topliss-reactive ketones (excluding diaryl/α,β-unsaturated/α-hetero) is 1. The van der Waals surface area contributed by atoms with E-state index in [9.17, 15) is 4.79 Å². The highest BCUT2D eigenvalue weighted by Gasteiger charge is 2.48. The molecule has 1 atom stereocenters. The van der Waals surface area contributed by atoms with Crippen LogP contribution in [0.1, 0.15) is 41.9 Å². The van der Waals surface area contributed by atoms with Crippen LogP contribution in [0, 0.1) is 0 Å². The van der Waals surface area contributed by atoms with E-state index in [1.807, 2.05) is 47.4 Å². The second-order valence-corrected chi connectivity index (χ2v) is 10.8. The summed E-state index contributed by atoms with van der Waals surface area (Å²) in [5.41, 5.74) is 14.5. The van der Waals surface area contributed by atoms with Crippen molar-refractivity contribution in [1.29, 1.82) is 0 Å². The maximum absolute atomic E-state index is 12.7. The first-order chi connectivity index (χ1) is 18.4. The monoisotopic (exact) mass is 548 g/mol. The molecule has 38 heavy (non-hydrogen) atoms. The topological polar surface area (TPSA) is 133 Å². The van der Waals surface area contributed by atoms with Gasteiger partial charge >= 0.3 is 0 Å². The molecule has 194 valence electrons. The largest absolute Gasteiger partial charge is 0.485 e. The van der Waals surface area contributed by atoms with Crippen LogP contribution in [-0.2, 0) is 0 Å². The highest BCUT2D eigenvalue weighted by atomic mass is 35.5. The zero-order chi connectivity index (χ0) is 26.4. The molecule has 4 aromatic rings. The first-order valence-electron chi connectivity index (χ1n) is 12.2. The quantitative estimate of drug-likeness (QED) is 0.322. The van der Waals surface area contributed by atoms with Crippen molar-refractivity contribution in [2.75, 3.05) is 23.7 Å². The third-order valence-electron chi connectivity index (χ3n) is 7.08. The number of aromatic nitrogens is 3. The SMILES string of the molecule is CC(=O)c1nc(Sc2cccc(-c3ncco3)c2Cl)c(N)nc1N1CCC2(CC1)Oc1ccccc1[C@H]2N. The van der Waals surface area contributed by atoms with Crippen LogP contribution in [0.3, 0.4) is 0 Å². The molecule has 11 heteroatoms. The van der Waals surface area contributed by atoms with Gasteiger partial charge in [-0.3, -0.25) is 4.79 Å². The first kappa shape index (κ1) is 24.7. The van der Waals surface area contributed by atoms with Gasteiger partial charge in [-0.25, -0.2) is 15.0 Å². The Kier molecular flexibility index (Phi) is 6.25. The molecule has 0 aliphatic carbocycles. The number of hydrogen-bond acceptors (Lipinski definition) is 10. The van der Waals surface area contributed by atoms with Gasteiger partial charge in [-0.05, 0) is 18.2 Å². The van der Waals surface area contributed by atoms with Crippen molar-refractivity contribution < 1.29 is 13.9 Å². The molecule has 0 radical (unpaired) electrons. The number of anilines is 2. The number of fused-ring (bicyclic) bond motifs is 1. The summed E-state index contributed by atoms with van der Waals surface area (Å²) >= 11 is 7.90. The van der Waals surface area contributed by atoms with E-state index in [0.29, 0.717) is 58.1 Å². The molecule has 2 aliphatic rings. The van der Waals surface area contributed by atoms with E-state index in [1.54, 1.807) is 6.20 Å². The van der Waals surface area contributed by atoms with E-state index in [1.165, 1.54) is 24.9 Å². The molecule has 2 aliphatic heterocycles. The van der Waals surface area contributed by atoms with Crippen molar-refractivity contribution in [3.63, 3.8) is 0 Å². The molecule has 9 nitrogen and oxygen atoms in total. The molecule has 0 amide bonds. The van der Waals surface area contributed by atoms with Gasteiger partial charge in [0.15, 0.2) is 17.4 Å². The number of nitrogens with zero attached hydrogens (tertiary/aromatic N) is 4. The summed E-state index contributed by atoms with van der Waals surface area (Å²) in [5, 5.41) is 0.848. The van der Waals surface area contributed by atoms with Gasteiger partial charge in [-0.15, -0.1) is 0 Å². The standard InChI is InChI=1S/C27H25ClN6O3S/c1-15(35)21-24(34-12-9-27(10-13-34)22(29)16-5-2-3-7-18(16)37-27)33-23(30)26(32-21)38-19-8-4-6-17(20(19)28)25-31-11-14-36-25/h2-8,11,14,22H,9-10,12-13,29H2,1H3,(H2,30,33)/t22-/m1/s1. The second kappa shape index (κ2) is 9.61. The van der Waals surface area contributed by atoms with Crippen LogP contribution in [0.5, 0.6) is 5.75 Å². The number of carbonyl (C=O) groups is 1. The number of piperidine rings is 1. The number of para-hydroxylation sites is 1. The third kappa shape index (κ3) is 4.18. The maximum Gasteiger partial charge on any atom is 0.227 e. The highest BCUT2D eigenvalue weighted by molar-refractivity contribution is 7.99. The van der Waals surface area contributed by atoms with Gasteiger partial charge in [0, 0.05) is 43.3 Å². The van der Waals surface area contributed by atoms with Crippen LogP contribution in [-0.4, -0.2) is 39.4 Å². The normalized spacial score (nSPS) is 17.9. The van der Waals surface area contributed by atoms with Gasteiger partial charge in [-0.1, -0.05) is 47.6 Å². The second-order valence-electron chi connectivity index (χ2n) is 9.37. The number of oxazole rings is 1. The van der Waals surface area contributed by atoms with E-state index in [2.05, 4.69) is 15.0 Å². The van der Waals surface area contributed by atoms with Crippen molar-refractivity contribution in [1.82, 2.24) is 15.0 Å². The smallest absolute Gasteiger partial charge is 0.227 e. The number of carbonyl (C=O) groups excluding carboxylic acids is 1. The fourth-order valence-electron chi connectivity index (χ4n) is 5.08. The minimum Gasteiger partial charge on any atom is -0.485 e. The lowest BCUT2D eigenvalue weighted by atomic mass is 9.83. The van der Waals surface area contributed by atoms with Gasteiger partial charge < -0.3 is 25.5 Å². The maximum atomic E-state index is 12.7. The molecule has 1 spiro atoms. The molecule has 0 saturated carbocycles. The summed E-state index contributed by atoms with van der Waals surface area (Å²) in [7, 11) is 0. The summed E-state index contributed by atoms with van der Waals surface area (Å²) in [5.74, 6) is 1.74. The van der Waals surface area contributed by atoms with Crippen LogP contribution in [0.15, 0.2) is 69.3 Å². The Balaban J connectivity index is 1.26. The molecule has 0 bridgehead atoms.